The van der Waals surface area contributed by atoms with Gasteiger partial charge in [0.05, 0.1) is 23.7 Å². The molecule has 208 valence electrons. The fourth-order valence-electron chi connectivity index (χ4n) is 6.12. The van der Waals surface area contributed by atoms with Crippen molar-refractivity contribution >= 4 is 16.9 Å². The Bertz CT molecular complexity index is 1560. The lowest BCUT2D eigenvalue weighted by atomic mass is 9.87. The second-order valence-corrected chi connectivity index (χ2v) is 11.6. The Morgan fingerprint density at radius 2 is 1.80 bits per heavy atom. The molecule has 1 atom stereocenters. The molecule has 1 N–H and O–H groups in total. The molecule has 7 nitrogen and oxygen atoms in total. The van der Waals surface area contributed by atoms with Crippen LogP contribution >= 0.6 is 0 Å². The summed E-state index contributed by atoms with van der Waals surface area (Å²) >= 11 is 0. The summed E-state index contributed by atoms with van der Waals surface area (Å²) in [7, 11) is 1.72. The maximum atomic E-state index is 12.7. The zero-order valence-electron chi connectivity index (χ0n) is 23.6. The van der Waals surface area contributed by atoms with Crippen LogP contribution in [0.4, 0.5) is 0 Å². The number of H-pyrrole nitrogens is 1. The van der Waals surface area contributed by atoms with Crippen molar-refractivity contribution in [2.24, 2.45) is 4.99 Å². The number of imidazole rings is 1. The summed E-state index contributed by atoms with van der Waals surface area (Å²) in [5.41, 5.74) is 5.29. The molecule has 4 aromatic rings. The van der Waals surface area contributed by atoms with Crippen molar-refractivity contribution in [1.82, 2.24) is 14.5 Å². The van der Waals surface area contributed by atoms with Gasteiger partial charge in [0.2, 0.25) is 5.90 Å². The Kier molecular flexibility index (Phi) is 7.24. The van der Waals surface area contributed by atoms with Crippen molar-refractivity contribution < 1.29 is 9.47 Å². The number of nitrogens with zero attached hydrogens (tertiary/aromatic N) is 3. The number of aliphatic imine (C=N–C) groups is 1. The van der Waals surface area contributed by atoms with E-state index in [4.69, 9.17) is 14.5 Å². The number of nitrogens with one attached hydrogen (secondary N) is 1. The minimum atomic E-state index is -0.174. The Labute approximate surface area is 235 Å². The zero-order valence-corrected chi connectivity index (χ0v) is 23.6. The molecule has 1 unspecified atom stereocenters. The number of rotatable bonds is 8. The fourth-order valence-corrected chi connectivity index (χ4v) is 6.12. The largest absolute Gasteiger partial charge is 0.497 e. The van der Waals surface area contributed by atoms with E-state index in [1.165, 1.54) is 11.1 Å². The number of para-hydroxylation sites is 2. The van der Waals surface area contributed by atoms with Crippen LogP contribution in [0.5, 0.6) is 5.75 Å². The van der Waals surface area contributed by atoms with Crippen LogP contribution in [0.1, 0.15) is 61.8 Å². The van der Waals surface area contributed by atoms with Gasteiger partial charge < -0.3 is 19.4 Å². The van der Waals surface area contributed by atoms with Crippen molar-refractivity contribution in [3.05, 3.63) is 100.0 Å². The molecule has 0 amide bonds. The molecule has 2 aliphatic heterocycles. The van der Waals surface area contributed by atoms with Crippen molar-refractivity contribution in [3.8, 4) is 5.75 Å². The molecule has 0 radical (unpaired) electrons. The van der Waals surface area contributed by atoms with E-state index >= 15 is 0 Å². The third-order valence-corrected chi connectivity index (χ3v) is 8.30. The van der Waals surface area contributed by atoms with Crippen LogP contribution in [-0.2, 0) is 4.74 Å². The lowest BCUT2D eigenvalue weighted by Gasteiger charge is -2.33. The predicted molar refractivity (Wildman–Crippen MR) is 160 cm³/mol. The van der Waals surface area contributed by atoms with Crippen molar-refractivity contribution in [1.29, 1.82) is 0 Å². The van der Waals surface area contributed by atoms with E-state index in [9.17, 15) is 4.79 Å². The highest BCUT2D eigenvalue weighted by atomic mass is 16.5. The molecule has 0 saturated carbocycles. The Balaban J connectivity index is 1.17. The number of methoxy groups -OCH3 is 1. The molecule has 0 aliphatic carbocycles. The van der Waals surface area contributed by atoms with Gasteiger partial charge in [-0.2, -0.15) is 0 Å². The normalized spacial score (nSPS) is 18.4. The summed E-state index contributed by atoms with van der Waals surface area (Å²) in [5.74, 6) is 1.84. The molecule has 1 saturated heterocycles. The zero-order chi connectivity index (χ0) is 27.7. The van der Waals surface area contributed by atoms with Crippen LogP contribution in [0.2, 0.25) is 0 Å². The van der Waals surface area contributed by atoms with Crippen LogP contribution in [-0.4, -0.2) is 59.2 Å². The first-order valence-corrected chi connectivity index (χ1v) is 14.3. The maximum absolute atomic E-state index is 12.7. The third kappa shape index (κ3) is 5.43. The van der Waals surface area contributed by atoms with E-state index in [0.717, 1.165) is 67.1 Å². The highest BCUT2D eigenvalue weighted by Gasteiger charge is 2.28. The summed E-state index contributed by atoms with van der Waals surface area (Å²) in [6, 6.07) is 25.3. The van der Waals surface area contributed by atoms with Gasteiger partial charge >= 0.3 is 5.69 Å². The number of benzene rings is 3. The van der Waals surface area contributed by atoms with E-state index in [-0.39, 0.29) is 23.2 Å². The van der Waals surface area contributed by atoms with Crippen LogP contribution in [0.3, 0.4) is 0 Å². The van der Waals surface area contributed by atoms with Crippen LogP contribution < -0.4 is 10.4 Å². The van der Waals surface area contributed by atoms with Gasteiger partial charge in [0.15, 0.2) is 0 Å². The van der Waals surface area contributed by atoms with Crippen LogP contribution in [0, 0.1) is 0 Å². The summed E-state index contributed by atoms with van der Waals surface area (Å²) in [6.45, 7) is 7.75. The Morgan fingerprint density at radius 3 is 2.52 bits per heavy atom. The average Bonchev–Trinajstić information content (AvgIpc) is 3.51. The van der Waals surface area contributed by atoms with Gasteiger partial charge in [-0.15, -0.1) is 0 Å². The number of piperidine rings is 1. The van der Waals surface area contributed by atoms with Gasteiger partial charge in [0.1, 0.15) is 12.4 Å². The standard InChI is InChI=1S/C33H38N4O3/c1-33(2)22-40-31(35-33)24-13-11-23(12-14-24)28(25-7-6-8-27(21-25)39-3)17-20-36-18-15-26(16-19-36)37-30-10-5-4-9-29(30)34-32(37)38/h4-14,21,26,28H,15-20,22H2,1-3H3,(H,34,38). The minimum Gasteiger partial charge on any atom is -0.497 e. The number of aromatic amines is 1. The number of hydrogen-bond donors (Lipinski definition) is 1. The minimum absolute atomic E-state index is 0.00119. The summed E-state index contributed by atoms with van der Waals surface area (Å²) in [5, 5.41) is 0. The Morgan fingerprint density at radius 1 is 1.02 bits per heavy atom. The topological polar surface area (TPSA) is 71.8 Å². The van der Waals surface area contributed by atoms with Gasteiger partial charge in [-0.1, -0.05) is 36.4 Å². The van der Waals surface area contributed by atoms with Gasteiger partial charge in [-0.05, 0) is 87.2 Å². The van der Waals surface area contributed by atoms with Gasteiger partial charge in [-0.25, -0.2) is 9.79 Å². The lowest BCUT2D eigenvalue weighted by molar-refractivity contribution is 0.183. The number of fused-ring (bicyclic) bond motifs is 1. The summed E-state index contributed by atoms with van der Waals surface area (Å²) in [4.78, 5) is 23.0. The monoisotopic (exact) mass is 538 g/mol. The highest BCUT2D eigenvalue weighted by Crippen LogP contribution is 2.33. The number of hydrogen-bond acceptors (Lipinski definition) is 5. The summed E-state index contributed by atoms with van der Waals surface area (Å²) < 4.78 is 13.4. The molecule has 3 aromatic carbocycles. The van der Waals surface area contributed by atoms with Crippen LogP contribution in [0.15, 0.2) is 82.6 Å². The van der Waals surface area contributed by atoms with Gasteiger partial charge in [-0.3, -0.25) is 4.57 Å². The molecule has 40 heavy (non-hydrogen) atoms. The molecule has 0 bridgehead atoms. The Hall–Kier alpha value is -3.84. The molecule has 1 fully saturated rings. The molecule has 3 heterocycles. The predicted octanol–water partition coefficient (Wildman–Crippen LogP) is 5.75. The maximum Gasteiger partial charge on any atom is 0.326 e. The van der Waals surface area contributed by atoms with E-state index in [2.05, 4.69) is 66.2 Å². The highest BCUT2D eigenvalue weighted by molar-refractivity contribution is 5.95. The molecule has 0 spiro atoms. The fraction of sp³-hybridized carbons (Fsp3) is 0.394. The van der Waals surface area contributed by atoms with Crippen molar-refractivity contribution in [2.75, 3.05) is 33.4 Å². The van der Waals surface area contributed by atoms with E-state index in [1.807, 2.05) is 34.9 Å². The quantitative estimate of drug-likeness (QED) is 0.310. The number of aromatic nitrogens is 2. The smallest absolute Gasteiger partial charge is 0.326 e. The molecular formula is C33H38N4O3. The van der Waals surface area contributed by atoms with Crippen molar-refractivity contribution in [3.63, 3.8) is 0 Å². The second-order valence-electron chi connectivity index (χ2n) is 11.6. The first-order valence-electron chi connectivity index (χ1n) is 14.3. The van der Waals surface area contributed by atoms with Crippen LogP contribution in [0.25, 0.3) is 11.0 Å². The molecule has 6 rings (SSSR count). The average molecular weight is 539 g/mol. The lowest BCUT2D eigenvalue weighted by Crippen LogP contribution is -2.37. The van der Waals surface area contributed by atoms with E-state index < -0.39 is 0 Å². The first-order chi connectivity index (χ1) is 19.4. The van der Waals surface area contributed by atoms with Crippen molar-refractivity contribution in [2.45, 2.75) is 50.6 Å². The molecular weight excluding hydrogens is 500 g/mol. The number of likely N-dealkylation sites (tertiary alicyclic amines) is 1. The summed E-state index contributed by atoms with van der Waals surface area (Å²) in [6.07, 6.45) is 2.94. The molecule has 7 heteroatoms. The SMILES string of the molecule is COc1cccc(C(CCN2CCC(n3c(=O)[nH]c4ccccc43)CC2)c2ccc(C3=NC(C)(C)CO3)cc2)c1. The van der Waals surface area contributed by atoms with E-state index in [1.54, 1.807) is 7.11 Å². The molecule has 2 aliphatic rings. The third-order valence-electron chi connectivity index (χ3n) is 8.30. The van der Waals surface area contributed by atoms with Gasteiger partial charge in [0.25, 0.3) is 0 Å². The van der Waals surface area contributed by atoms with E-state index in [0.29, 0.717) is 6.61 Å². The molecule has 1 aromatic heterocycles. The second kappa shape index (κ2) is 11.0. The first kappa shape index (κ1) is 26.4. The number of ether oxygens (including phenoxy) is 2. The van der Waals surface area contributed by atoms with Gasteiger partial charge in [0, 0.05) is 30.6 Å².